The minimum atomic E-state index is -0.550. The standard InChI is InChI=1S/C12H8Cl2FN3O/c13-8-5-6(1-2-9(8)15)19-12-10(14)7(11(16)17)3-4-18-12/h1-5H,(H3,16,17). The number of benzene rings is 1. The van der Waals surface area contributed by atoms with Gasteiger partial charge in [0.05, 0.1) is 5.02 Å². The van der Waals surface area contributed by atoms with Crippen LogP contribution in [-0.4, -0.2) is 10.8 Å². The van der Waals surface area contributed by atoms with E-state index in [0.29, 0.717) is 5.56 Å². The molecule has 0 spiro atoms. The zero-order valence-electron chi connectivity index (χ0n) is 9.45. The van der Waals surface area contributed by atoms with Gasteiger partial charge in [-0.1, -0.05) is 23.2 Å². The van der Waals surface area contributed by atoms with E-state index in [1.165, 1.54) is 30.5 Å². The Hall–Kier alpha value is -1.85. The first-order chi connectivity index (χ1) is 8.99. The lowest BCUT2D eigenvalue weighted by Crippen LogP contribution is -2.12. The number of nitrogens with zero attached hydrogens (tertiary/aromatic N) is 1. The molecule has 0 bridgehead atoms. The smallest absolute Gasteiger partial charge is 0.238 e. The molecule has 0 radical (unpaired) electrons. The van der Waals surface area contributed by atoms with Crippen molar-refractivity contribution in [1.82, 2.24) is 4.98 Å². The molecule has 0 fully saturated rings. The molecule has 0 saturated carbocycles. The van der Waals surface area contributed by atoms with Crippen molar-refractivity contribution in [3.8, 4) is 11.6 Å². The van der Waals surface area contributed by atoms with Crippen molar-refractivity contribution >= 4 is 29.0 Å². The van der Waals surface area contributed by atoms with Crippen LogP contribution in [0, 0.1) is 11.2 Å². The van der Waals surface area contributed by atoms with Crippen LogP contribution in [0.1, 0.15) is 5.56 Å². The molecule has 0 atom stereocenters. The summed E-state index contributed by atoms with van der Waals surface area (Å²) in [6.45, 7) is 0. The molecule has 2 aromatic rings. The lowest BCUT2D eigenvalue weighted by molar-refractivity contribution is 0.461. The minimum Gasteiger partial charge on any atom is -0.437 e. The van der Waals surface area contributed by atoms with Crippen LogP contribution < -0.4 is 10.5 Å². The molecule has 0 aliphatic heterocycles. The van der Waals surface area contributed by atoms with E-state index in [4.69, 9.17) is 39.1 Å². The summed E-state index contributed by atoms with van der Waals surface area (Å²) in [5.41, 5.74) is 5.67. The second-order valence-corrected chi connectivity index (χ2v) is 4.35. The average molecular weight is 300 g/mol. The Morgan fingerprint density at radius 1 is 1.32 bits per heavy atom. The Bertz CT molecular complexity index is 649. The summed E-state index contributed by atoms with van der Waals surface area (Å²) in [7, 11) is 0. The van der Waals surface area contributed by atoms with Gasteiger partial charge in [-0.2, -0.15) is 0 Å². The number of hydrogen-bond acceptors (Lipinski definition) is 3. The fourth-order valence-corrected chi connectivity index (χ4v) is 1.78. The van der Waals surface area contributed by atoms with Gasteiger partial charge >= 0.3 is 0 Å². The molecule has 1 aromatic carbocycles. The predicted molar refractivity (Wildman–Crippen MR) is 71.7 cm³/mol. The highest BCUT2D eigenvalue weighted by atomic mass is 35.5. The highest BCUT2D eigenvalue weighted by molar-refractivity contribution is 6.35. The van der Waals surface area contributed by atoms with Gasteiger partial charge in [-0.05, 0) is 18.2 Å². The first kappa shape index (κ1) is 13.6. The van der Waals surface area contributed by atoms with Crippen molar-refractivity contribution in [3.05, 3.63) is 51.9 Å². The van der Waals surface area contributed by atoms with Gasteiger partial charge in [0.2, 0.25) is 5.88 Å². The number of hydrogen-bond donors (Lipinski definition) is 2. The lowest BCUT2D eigenvalue weighted by Gasteiger charge is -2.09. The molecule has 98 valence electrons. The van der Waals surface area contributed by atoms with Crippen LogP contribution in [0.15, 0.2) is 30.5 Å². The van der Waals surface area contributed by atoms with Gasteiger partial charge in [-0.3, -0.25) is 5.41 Å². The molecular weight excluding hydrogens is 292 g/mol. The molecule has 2 rings (SSSR count). The lowest BCUT2D eigenvalue weighted by atomic mass is 10.2. The number of nitrogens with one attached hydrogen (secondary N) is 1. The third-order valence-electron chi connectivity index (χ3n) is 2.25. The number of pyridine rings is 1. The van der Waals surface area contributed by atoms with Gasteiger partial charge in [0, 0.05) is 17.8 Å². The summed E-state index contributed by atoms with van der Waals surface area (Å²) >= 11 is 11.6. The molecule has 1 heterocycles. The van der Waals surface area contributed by atoms with Crippen molar-refractivity contribution in [1.29, 1.82) is 5.41 Å². The Balaban J connectivity index is 2.35. The summed E-state index contributed by atoms with van der Waals surface area (Å²) in [5, 5.41) is 7.39. The van der Waals surface area contributed by atoms with E-state index in [9.17, 15) is 4.39 Å². The van der Waals surface area contributed by atoms with Crippen molar-refractivity contribution in [2.75, 3.05) is 0 Å². The van der Waals surface area contributed by atoms with E-state index < -0.39 is 5.82 Å². The van der Waals surface area contributed by atoms with E-state index >= 15 is 0 Å². The zero-order valence-corrected chi connectivity index (χ0v) is 11.0. The number of halogens is 3. The van der Waals surface area contributed by atoms with Crippen molar-refractivity contribution in [3.63, 3.8) is 0 Å². The van der Waals surface area contributed by atoms with Crippen molar-refractivity contribution in [2.24, 2.45) is 5.73 Å². The fraction of sp³-hybridized carbons (Fsp3) is 0. The van der Waals surface area contributed by atoms with Gasteiger partial charge in [-0.25, -0.2) is 9.37 Å². The molecule has 1 aromatic heterocycles. The third-order valence-corrected chi connectivity index (χ3v) is 2.91. The highest BCUT2D eigenvalue weighted by Crippen LogP contribution is 2.31. The number of ether oxygens (including phenoxy) is 1. The first-order valence-corrected chi connectivity index (χ1v) is 5.86. The highest BCUT2D eigenvalue weighted by Gasteiger charge is 2.12. The SMILES string of the molecule is N=C(N)c1ccnc(Oc2ccc(F)c(Cl)c2)c1Cl. The number of rotatable bonds is 3. The van der Waals surface area contributed by atoms with Gasteiger partial charge < -0.3 is 10.5 Å². The third kappa shape index (κ3) is 2.94. The van der Waals surface area contributed by atoms with Gasteiger partial charge in [0.25, 0.3) is 0 Å². The Kier molecular flexibility index (Phi) is 3.87. The van der Waals surface area contributed by atoms with E-state index in [-0.39, 0.29) is 27.5 Å². The fourth-order valence-electron chi connectivity index (χ4n) is 1.36. The summed E-state index contributed by atoms with van der Waals surface area (Å²) in [6, 6.07) is 5.35. The molecule has 0 saturated heterocycles. The second kappa shape index (κ2) is 5.42. The Morgan fingerprint density at radius 2 is 2.05 bits per heavy atom. The van der Waals surface area contributed by atoms with E-state index in [0.717, 1.165) is 0 Å². The number of amidine groups is 1. The molecule has 0 unspecified atom stereocenters. The molecule has 4 nitrogen and oxygen atoms in total. The Labute approximate surface area is 118 Å². The number of aromatic nitrogens is 1. The maximum absolute atomic E-state index is 13.0. The summed E-state index contributed by atoms with van der Waals surface area (Å²) in [6.07, 6.45) is 1.41. The van der Waals surface area contributed by atoms with Crippen LogP contribution in [0.2, 0.25) is 10.0 Å². The van der Waals surface area contributed by atoms with Crippen LogP contribution in [0.3, 0.4) is 0 Å². The molecule has 0 aliphatic carbocycles. The topological polar surface area (TPSA) is 72.0 Å². The number of nitrogen functional groups attached to an aromatic ring is 1. The maximum atomic E-state index is 13.0. The minimum absolute atomic E-state index is 0.0667. The zero-order chi connectivity index (χ0) is 14.0. The van der Waals surface area contributed by atoms with Gasteiger partial charge in [-0.15, -0.1) is 0 Å². The van der Waals surface area contributed by atoms with Gasteiger partial charge in [0.1, 0.15) is 22.4 Å². The molecule has 3 N–H and O–H groups in total. The van der Waals surface area contributed by atoms with Crippen LogP contribution in [-0.2, 0) is 0 Å². The average Bonchev–Trinajstić information content (AvgIpc) is 2.36. The van der Waals surface area contributed by atoms with Crippen molar-refractivity contribution < 1.29 is 9.13 Å². The summed E-state index contributed by atoms with van der Waals surface area (Å²) in [4.78, 5) is 3.93. The van der Waals surface area contributed by atoms with Crippen LogP contribution in [0.5, 0.6) is 11.6 Å². The molecule has 0 amide bonds. The predicted octanol–water partition coefficient (Wildman–Crippen LogP) is 3.60. The van der Waals surface area contributed by atoms with Crippen molar-refractivity contribution in [2.45, 2.75) is 0 Å². The second-order valence-electron chi connectivity index (χ2n) is 3.57. The normalized spacial score (nSPS) is 10.3. The van der Waals surface area contributed by atoms with E-state index in [1.807, 2.05) is 0 Å². The maximum Gasteiger partial charge on any atom is 0.238 e. The molecule has 7 heteroatoms. The largest absolute Gasteiger partial charge is 0.437 e. The number of nitrogens with two attached hydrogens (primary N) is 1. The van der Waals surface area contributed by atoms with Crippen LogP contribution in [0.25, 0.3) is 0 Å². The van der Waals surface area contributed by atoms with Crippen LogP contribution >= 0.6 is 23.2 Å². The van der Waals surface area contributed by atoms with Gasteiger partial charge in [0.15, 0.2) is 0 Å². The van der Waals surface area contributed by atoms with Crippen LogP contribution in [0.4, 0.5) is 4.39 Å². The monoisotopic (exact) mass is 299 g/mol. The molecular formula is C12H8Cl2FN3O. The quantitative estimate of drug-likeness (QED) is 0.672. The summed E-state index contributed by atoms with van der Waals surface area (Å²) in [5.74, 6) is -0.404. The molecule has 19 heavy (non-hydrogen) atoms. The van der Waals surface area contributed by atoms with E-state index in [1.54, 1.807) is 0 Å². The first-order valence-electron chi connectivity index (χ1n) is 5.11. The summed E-state index contributed by atoms with van der Waals surface area (Å²) < 4.78 is 18.4. The Morgan fingerprint density at radius 3 is 2.68 bits per heavy atom. The van der Waals surface area contributed by atoms with E-state index in [2.05, 4.69) is 4.98 Å². The molecule has 0 aliphatic rings.